The van der Waals surface area contributed by atoms with E-state index in [9.17, 15) is 4.79 Å². The first kappa shape index (κ1) is 21.9. The molecular formula is C30H26N4O3. The molecule has 0 aliphatic carbocycles. The summed E-state index contributed by atoms with van der Waals surface area (Å²) in [5.74, 6) is 2.22. The third kappa shape index (κ3) is 3.78. The molecule has 1 atom stereocenters. The van der Waals surface area contributed by atoms with Crippen molar-refractivity contribution in [1.29, 1.82) is 0 Å². The van der Waals surface area contributed by atoms with Crippen LogP contribution in [-0.2, 0) is 4.79 Å². The number of aromatic nitrogens is 3. The van der Waals surface area contributed by atoms with Crippen LogP contribution in [0.1, 0.15) is 18.9 Å². The van der Waals surface area contributed by atoms with Crippen molar-refractivity contribution in [2.75, 3.05) is 19.7 Å². The Morgan fingerprint density at radius 1 is 0.865 bits per heavy atom. The van der Waals surface area contributed by atoms with Crippen molar-refractivity contribution in [3.63, 3.8) is 0 Å². The van der Waals surface area contributed by atoms with E-state index in [0.717, 1.165) is 35.4 Å². The van der Waals surface area contributed by atoms with Gasteiger partial charge in [0.05, 0.1) is 0 Å². The summed E-state index contributed by atoms with van der Waals surface area (Å²) in [6.45, 7) is 1.52. The molecule has 0 bridgehead atoms. The number of carbonyl (C=O) groups excluding carboxylic acids is 1. The SMILES string of the molecule is O=C(C1COc2ccccc2O1)N1CCC(n2c(-c3cccc4ccccc34)nc3cccnc32)CC1. The summed E-state index contributed by atoms with van der Waals surface area (Å²) in [5, 5.41) is 2.35. The number of carbonyl (C=O) groups is 1. The monoisotopic (exact) mass is 490 g/mol. The first-order valence-electron chi connectivity index (χ1n) is 12.7. The Morgan fingerprint density at radius 2 is 1.65 bits per heavy atom. The van der Waals surface area contributed by atoms with E-state index in [-0.39, 0.29) is 18.6 Å². The number of piperidine rings is 1. The Labute approximate surface area is 214 Å². The normalized spacial score (nSPS) is 17.8. The number of likely N-dealkylation sites (tertiary alicyclic amines) is 1. The minimum absolute atomic E-state index is 0.0177. The minimum Gasteiger partial charge on any atom is -0.485 e. The number of hydrogen-bond donors (Lipinski definition) is 0. The summed E-state index contributed by atoms with van der Waals surface area (Å²) < 4.78 is 14.1. The van der Waals surface area contributed by atoms with Gasteiger partial charge in [-0.3, -0.25) is 4.79 Å². The lowest BCUT2D eigenvalue weighted by Gasteiger charge is -2.36. The van der Waals surface area contributed by atoms with Gasteiger partial charge in [-0.25, -0.2) is 9.97 Å². The van der Waals surface area contributed by atoms with Crippen molar-refractivity contribution in [1.82, 2.24) is 19.4 Å². The minimum atomic E-state index is -0.617. The molecule has 3 aromatic carbocycles. The Balaban J connectivity index is 1.17. The van der Waals surface area contributed by atoms with Crippen LogP contribution in [0.4, 0.5) is 0 Å². The van der Waals surface area contributed by atoms with E-state index >= 15 is 0 Å². The number of para-hydroxylation sites is 2. The molecule has 2 aliphatic rings. The number of hydrogen-bond acceptors (Lipinski definition) is 5. The lowest BCUT2D eigenvalue weighted by atomic mass is 10.0. The topological polar surface area (TPSA) is 69.5 Å². The van der Waals surface area contributed by atoms with Gasteiger partial charge in [-0.1, -0.05) is 54.6 Å². The summed E-state index contributed by atoms with van der Waals surface area (Å²) >= 11 is 0. The molecule has 7 nitrogen and oxygen atoms in total. The van der Waals surface area contributed by atoms with E-state index in [1.807, 2.05) is 47.5 Å². The van der Waals surface area contributed by atoms with Crippen molar-refractivity contribution in [3.8, 4) is 22.9 Å². The van der Waals surface area contributed by atoms with Gasteiger partial charge in [-0.2, -0.15) is 0 Å². The molecule has 7 heteroatoms. The maximum absolute atomic E-state index is 13.3. The number of fused-ring (bicyclic) bond motifs is 3. The largest absolute Gasteiger partial charge is 0.485 e. The second kappa shape index (κ2) is 8.92. The van der Waals surface area contributed by atoms with Crippen molar-refractivity contribution < 1.29 is 14.3 Å². The third-order valence-corrected chi connectivity index (χ3v) is 7.40. The lowest BCUT2D eigenvalue weighted by molar-refractivity contribution is -0.142. The van der Waals surface area contributed by atoms with E-state index in [4.69, 9.17) is 19.4 Å². The third-order valence-electron chi connectivity index (χ3n) is 7.40. The van der Waals surface area contributed by atoms with Gasteiger partial charge < -0.3 is 18.9 Å². The molecule has 1 amide bonds. The second-order valence-electron chi connectivity index (χ2n) is 9.60. The average molecular weight is 491 g/mol. The number of ether oxygens (including phenoxy) is 2. The van der Waals surface area contributed by atoms with E-state index in [1.54, 1.807) is 0 Å². The smallest absolute Gasteiger partial charge is 0.267 e. The predicted octanol–water partition coefficient (Wildman–Crippen LogP) is 5.26. The van der Waals surface area contributed by atoms with Crippen LogP contribution in [0.15, 0.2) is 85.1 Å². The quantitative estimate of drug-likeness (QED) is 0.345. The van der Waals surface area contributed by atoms with Gasteiger partial charge in [0.25, 0.3) is 5.91 Å². The summed E-state index contributed by atoms with van der Waals surface area (Å²) in [6, 6.07) is 26.4. The Bertz CT molecular complexity index is 1610. The highest BCUT2D eigenvalue weighted by molar-refractivity contribution is 5.96. The molecule has 7 rings (SSSR count). The van der Waals surface area contributed by atoms with Crippen LogP contribution in [0.25, 0.3) is 33.3 Å². The first-order chi connectivity index (χ1) is 18.3. The highest BCUT2D eigenvalue weighted by Crippen LogP contribution is 2.36. The Morgan fingerprint density at radius 3 is 2.54 bits per heavy atom. The summed E-state index contributed by atoms with van der Waals surface area (Å²) in [7, 11) is 0. The molecule has 184 valence electrons. The van der Waals surface area contributed by atoms with Gasteiger partial charge in [0.15, 0.2) is 17.1 Å². The predicted molar refractivity (Wildman–Crippen MR) is 142 cm³/mol. The number of nitrogens with zero attached hydrogens (tertiary/aromatic N) is 4. The average Bonchev–Trinajstić information content (AvgIpc) is 3.36. The fourth-order valence-electron chi connectivity index (χ4n) is 5.58. The zero-order chi connectivity index (χ0) is 24.8. The molecule has 0 saturated carbocycles. The molecule has 1 unspecified atom stereocenters. The Kier molecular flexibility index (Phi) is 5.27. The molecule has 37 heavy (non-hydrogen) atoms. The fourth-order valence-corrected chi connectivity index (χ4v) is 5.58. The molecule has 0 radical (unpaired) electrons. The molecule has 1 fully saturated rings. The van der Waals surface area contributed by atoms with Gasteiger partial charge in [-0.15, -0.1) is 0 Å². The second-order valence-corrected chi connectivity index (χ2v) is 9.60. The van der Waals surface area contributed by atoms with Gasteiger partial charge in [-0.05, 0) is 47.9 Å². The molecular weight excluding hydrogens is 464 g/mol. The van der Waals surface area contributed by atoms with Crippen LogP contribution in [0, 0.1) is 0 Å². The van der Waals surface area contributed by atoms with Crippen LogP contribution < -0.4 is 9.47 Å². The van der Waals surface area contributed by atoms with Crippen molar-refractivity contribution in [2.24, 2.45) is 0 Å². The standard InChI is InChI=1S/C30H26N4O3/c35-30(27-19-36-25-12-3-4-13-26(25)37-27)33-17-14-21(15-18-33)34-28(32-24-11-6-16-31-29(24)34)23-10-5-8-20-7-1-2-9-22(20)23/h1-13,16,21,27H,14-15,17-19H2. The van der Waals surface area contributed by atoms with Crippen LogP contribution in [0.2, 0.25) is 0 Å². The highest BCUT2D eigenvalue weighted by Gasteiger charge is 2.34. The maximum Gasteiger partial charge on any atom is 0.267 e. The number of benzene rings is 3. The molecule has 2 aromatic heterocycles. The molecule has 5 aromatic rings. The highest BCUT2D eigenvalue weighted by atomic mass is 16.6. The number of amides is 1. The van der Waals surface area contributed by atoms with E-state index in [2.05, 4.69) is 47.0 Å². The zero-order valence-corrected chi connectivity index (χ0v) is 20.3. The molecule has 1 saturated heterocycles. The first-order valence-corrected chi connectivity index (χ1v) is 12.7. The fraction of sp³-hybridized carbons (Fsp3) is 0.233. The van der Waals surface area contributed by atoms with E-state index < -0.39 is 6.10 Å². The van der Waals surface area contributed by atoms with Crippen LogP contribution >= 0.6 is 0 Å². The van der Waals surface area contributed by atoms with Gasteiger partial charge >= 0.3 is 0 Å². The van der Waals surface area contributed by atoms with Crippen LogP contribution in [-0.4, -0.2) is 51.1 Å². The lowest BCUT2D eigenvalue weighted by Crippen LogP contribution is -2.49. The van der Waals surface area contributed by atoms with Crippen LogP contribution in [0.3, 0.4) is 0 Å². The molecule has 4 heterocycles. The van der Waals surface area contributed by atoms with Gasteiger partial charge in [0.1, 0.15) is 17.9 Å². The summed E-state index contributed by atoms with van der Waals surface area (Å²) in [5.41, 5.74) is 2.87. The van der Waals surface area contributed by atoms with E-state index in [1.165, 1.54) is 10.8 Å². The maximum atomic E-state index is 13.3. The van der Waals surface area contributed by atoms with Crippen LogP contribution in [0.5, 0.6) is 11.5 Å². The Hall–Kier alpha value is -4.39. The van der Waals surface area contributed by atoms with E-state index in [0.29, 0.717) is 24.6 Å². The number of imidazole rings is 1. The van der Waals surface area contributed by atoms with Crippen molar-refractivity contribution in [3.05, 3.63) is 85.1 Å². The van der Waals surface area contributed by atoms with Crippen molar-refractivity contribution in [2.45, 2.75) is 25.0 Å². The summed E-state index contributed by atoms with van der Waals surface area (Å²) in [6.07, 6.45) is 2.84. The van der Waals surface area contributed by atoms with Gasteiger partial charge in [0.2, 0.25) is 6.10 Å². The molecule has 0 N–H and O–H groups in total. The van der Waals surface area contributed by atoms with Crippen molar-refractivity contribution >= 4 is 27.8 Å². The number of pyridine rings is 1. The molecule has 2 aliphatic heterocycles. The molecule has 0 spiro atoms. The summed E-state index contributed by atoms with van der Waals surface area (Å²) in [4.78, 5) is 25.0. The van der Waals surface area contributed by atoms with Gasteiger partial charge in [0, 0.05) is 30.9 Å². The zero-order valence-electron chi connectivity index (χ0n) is 20.3. The number of rotatable bonds is 3.